The number of carbonyl (C=O) groups excluding carboxylic acids is 1. The number of pyridine rings is 1. The van der Waals surface area contributed by atoms with Crippen molar-refractivity contribution in [2.24, 2.45) is 0 Å². The fourth-order valence-corrected chi connectivity index (χ4v) is 2.82. The lowest BCUT2D eigenvalue weighted by Crippen LogP contribution is -2.36. The number of rotatable bonds is 2. The third-order valence-electron chi connectivity index (χ3n) is 3.62. The summed E-state index contributed by atoms with van der Waals surface area (Å²) in [6.07, 6.45) is 0.976. The van der Waals surface area contributed by atoms with E-state index in [2.05, 4.69) is 22.2 Å². The quantitative estimate of drug-likeness (QED) is 0.923. The van der Waals surface area contributed by atoms with Crippen LogP contribution < -0.4 is 5.32 Å². The smallest absolute Gasteiger partial charge is 0.270 e. The number of hydrogen-bond acceptors (Lipinski definition) is 3. The summed E-state index contributed by atoms with van der Waals surface area (Å²) in [6.45, 7) is 1.89. The highest BCUT2D eigenvalue weighted by molar-refractivity contribution is 6.35. The molecule has 0 radical (unpaired) electrons. The van der Waals surface area contributed by atoms with Crippen LogP contribution in [-0.2, 0) is 0 Å². The Hall–Kier alpha value is -1.65. The Morgan fingerprint density at radius 3 is 3.00 bits per heavy atom. The van der Waals surface area contributed by atoms with E-state index in [0.717, 1.165) is 30.4 Å². The maximum Gasteiger partial charge on any atom is 0.270 e. The molecular weight excluding hydrogens is 274 g/mol. The predicted molar refractivity (Wildman–Crippen MR) is 80.1 cm³/mol. The van der Waals surface area contributed by atoms with E-state index in [4.69, 9.17) is 11.6 Å². The lowest BCUT2D eigenvalue weighted by molar-refractivity contribution is 0.0934. The van der Waals surface area contributed by atoms with Gasteiger partial charge >= 0.3 is 0 Å². The Labute approximate surface area is 122 Å². The van der Waals surface area contributed by atoms with E-state index < -0.39 is 0 Å². The fourth-order valence-electron chi connectivity index (χ4n) is 2.56. The summed E-state index contributed by atoms with van der Waals surface area (Å²) in [6, 6.07) is 9.39. The molecule has 1 amide bonds. The SMILES string of the molecule is CN1CCC(NC(=O)c2cc(Cl)c3ccccc3n2)C1. The third kappa shape index (κ3) is 2.62. The molecule has 1 aromatic heterocycles. The Balaban J connectivity index is 1.84. The second-order valence-corrected chi connectivity index (χ2v) is 5.63. The van der Waals surface area contributed by atoms with Gasteiger partial charge in [-0.2, -0.15) is 0 Å². The van der Waals surface area contributed by atoms with Crippen molar-refractivity contribution in [3.63, 3.8) is 0 Å². The molecule has 2 aromatic rings. The minimum absolute atomic E-state index is 0.155. The van der Waals surface area contributed by atoms with Crippen molar-refractivity contribution in [2.75, 3.05) is 20.1 Å². The van der Waals surface area contributed by atoms with Crippen LogP contribution in [0.2, 0.25) is 5.02 Å². The molecule has 5 heteroatoms. The fraction of sp³-hybridized carbons (Fsp3) is 0.333. The number of fused-ring (bicyclic) bond motifs is 1. The second-order valence-electron chi connectivity index (χ2n) is 5.23. The highest BCUT2D eigenvalue weighted by Gasteiger charge is 2.22. The number of aromatic nitrogens is 1. The number of nitrogens with one attached hydrogen (secondary N) is 1. The number of halogens is 1. The molecule has 104 valence electrons. The van der Waals surface area contributed by atoms with Crippen LogP contribution in [-0.4, -0.2) is 42.0 Å². The van der Waals surface area contributed by atoms with Gasteiger partial charge in [0.25, 0.3) is 5.91 Å². The number of nitrogens with zero attached hydrogens (tertiary/aromatic N) is 2. The van der Waals surface area contributed by atoms with Gasteiger partial charge in [-0.05, 0) is 32.1 Å². The van der Waals surface area contributed by atoms with Crippen LogP contribution in [0.3, 0.4) is 0 Å². The van der Waals surface area contributed by atoms with Crippen LogP contribution >= 0.6 is 11.6 Å². The van der Waals surface area contributed by atoms with Crippen LogP contribution in [0.5, 0.6) is 0 Å². The second kappa shape index (κ2) is 5.38. The first-order valence-corrected chi connectivity index (χ1v) is 7.06. The number of amides is 1. The number of benzene rings is 1. The predicted octanol–water partition coefficient (Wildman–Crippen LogP) is 2.32. The maximum absolute atomic E-state index is 12.3. The molecule has 1 N–H and O–H groups in total. The third-order valence-corrected chi connectivity index (χ3v) is 3.94. The van der Waals surface area contributed by atoms with E-state index >= 15 is 0 Å². The topological polar surface area (TPSA) is 45.2 Å². The van der Waals surface area contributed by atoms with Gasteiger partial charge in [0.2, 0.25) is 0 Å². The van der Waals surface area contributed by atoms with Gasteiger partial charge in [0, 0.05) is 18.0 Å². The number of likely N-dealkylation sites (tertiary alicyclic amines) is 1. The molecule has 0 spiro atoms. The molecule has 1 saturated heterocycles. The molecule has 1 aliphatic heterocycles. The zero-order valence-electron chi connectivity index (χ0n) is 11.3. The molecule has 1 atom stereocenters. The van der Waals surface area contributed by atoms with E-state index in [9.17, 15) is 4.79 Å². The molecule has 3 rings (SSSR count). The highest BCUT2D eigenvalue weighted by Crippen LogP contribution is 2.22. The van der Waals surface area contributed by atoms with Crippen LogP contribution in [0.25, 0.3) is 10.9 Å². The summed E-state index contributed by atoms with van der Waals surface area (Å²) in [5.41, 5.74) is 1.12. The summed E-state index contributed by atoms with van der Waals surface area (Å²) in [5.74, 6) is -0.155. The summed E-state index contributed by atoms with van der Waals surface area (Å²) >= 11 is 6.22. The van der Waals surface area contributed by atoms with Gasteiger partial charge in [-0.15, -0.1) is 0 Å². The molecule has 0 bridgehead atoms. The number of para-hydroxylation sites is 1. The minimum atomic E-state index is -0.155. The molecule has 20 heavy (non-hydrogen) atoms. The van der Waals surface area contributed by atoms with Crippen molar-refractivity contribution in [2.45, 2.75) is 12.5 Å². The normalized spacial score (nSPS) is 19.4. The molecule has 0 saturated carbocycles. The molecular formula is C15H16ClN3O. The van der Waals surface area contributed by atoms with Gasteiger partial charge in [-0.3, -0.25) is 4.79 Å². The molecule has 2 heterocycles. The summed E-state index contributed by atoms with van der Waals surface area (Å²) in [5, 5.41) is 4.44. The molecule has 4 nitrogen and oxygen atoms in total. The average Bonchev–Trinajstić information content (AvgIpc) is 2.84. The lowest BCUT2D eigenvalue weighted by atomic mass is 10.2. The van der Waals surface area contributed by atoms with Crippen LogP contribution in [0, 0.1) is 0 Å². The van der Waals surface area contributed by atoms with Crippen LogP contribution in [0.4, 0.5) is 0 Å². The van der Waals surface area contributed by atoms with Gasteiger partial charge in [0.05, 0.1) is 10.5 Å². The first-order valence-electron chi connectivity index (χ1n) is 6.68. The van der Waals surface area contributed by atoms with E-state index in [-0.39, 0.29) is 11.9 Å². The molecule has 1 aliphatic rings. The van der Waals surface area contributed by atoms with Crippen LogP contribution in [0.15, 0.2) is 30.3 Å². The zero-order valence-corrected chi connectivity index (χ0v) is 12.0. The van der Waals surface area contributed by atoms with Crippen molar-refractivity contribution in [1.82, 2.24) is 15.2 Å². The minimum Gasteiger partial charge on any atom is -0.347 e. The Kier molecular flexibility index (Phi) is 3.59. The van der Waals surface area contributed by atoms with Crippen molar-refractivity contribution >= 4 is 28.4 Å². The van der Waals surface area contributed by atoms with E-state index in [1.807, 2.05) is 24.3 Å². The van der Waals surface area contributed by atoms with Gasteiger partial charge in [-0.25, -0.2) is 4.98 Å². The highest BCUT2D eigenvalue weighted by atomic mass is 35.5. The molecule has 1 aromatic carbocycles. The Morgan fingerprint density at radius 2 is 2.25 bits per heavy atom. The maximum atomic E-state index is 12.3. The summed E-state index contributed by atoms with van der Waals surface area (Å²) in [4.78, 5) is 18.8. The Bertz CT molecular complexity index is 659. The lowest BCUT2D eigenvalue weighted by Gasteiger charge is -2.13. The van der Waals surface area contributed by atoms with E-state index in [1.165, 1.54) is 0 Å². The van der Waals surface area contributed by atoms with E-state index in [0.29, 0.717) is 10.7 Å². The molecule has 0 aliphatic carbocycles. The van der Waals surface area contributed by atoms with Crippen molar-refractivity contribution < 1.29 is 4.79 Å². The van der Waals surface area contributed by atoms with Gasteiger partial charge < -0.3 is 10.2 Å². The van der Waals surface area contributed by atoms with E-state index in [1.54, 1.807) is 6.07 Å². The zero-order chi connectivity index (χ0) is 14.1. The van der Waals surface area contributed by atoms with Gasteiger partial charge in [-0.1, -0.05) is 29.8 Å². The average molecular weight is 290 g/mol. The summed E-state index contributed by atoms with van der Waals surface area (Å²) < 4.78 is 0. The molecule has 1 unspecified atom stereocenters. The standard InChI is InChI=1S/C15H16ClN3O/c1-19-7-6-10(9-19)17-15(20)14-8-12(16)11-4-2-3-5-13(11)18-14/h2-5,8,10H,6-7,9H2,1H3,(H,17,20). The first kappa shape index (κ1) is 13.3. The van der Waals surface area contributed by atoms with Crippen LogP contribution in [0.1, 0.15) is 16.9 Å². The number of likely N-dealkylation sites (N-methyl/N-ethyl adjacent to an activating group) is 1. The van der Waals surface area contributed by atoms with Crippen molar-refractivity contribution in [3.05, 3.63) is 41.0 Å². The monoisotopic (exact) mass is 289 g/mol. The van der Waals surface area contributed by atoms with Gasteiger partial charge in [0.15, 0.2) is 0 Å². The first-order chi connectivity index (χ1) is 9.63. The van der Waals surface area contributed by atoms with Gasteiger partial charge in [0.1, 0.15) is 5.69 Å². The van der Waals surface area contributed by atoms with Crippen molar-refractivity contribution in [3.8, 4) is 0 Å². The number of carbonyl (C=O) groups is 1. The number of hydrogen-bond donors (Lipinski definition) is 1. The molecule has 1 fully saturated rings. The summed E-state index contributed by atoms with van der Waals surface area (Å²) in [7, 11) is 2.05. The largest absolute Gasteiger partial charge is 0.347 e. The Morgan fingerprint density at radius 1 is 1.45 bits per heavy atom. The van der Waals surface area contributed by atoms with Crippen molar-refractivity contribution in [1.29, 1.82) is 0 Å².